The molecule has 1 amide bonds. The van der Waals surface area contributed by atoms with E-state index in [9.17, 15) is 4.79 Å². The van der Waals surface area contributed by atoms with Crippen molar-refractivity contribution in [1.29, 1.82) is 0 Å². The van der Waals surface area contributed by atoms with Gasteiger partial charge in [0.25, 0.3) is 0 Å². The highest BCUT2D eigenvalue weighted by molar-refractivity contribution is 7.18. The maximum atomic E-state index is 10.8. The van der Waals surface area contributed by atoms with Gasteiger partial charge in [-0.1, -0.05) is 24.9 Å². The van der Waals surface area contributed by atoms with Gasteiger partial charge in [0.2, 0.25) is 11.9 Å². The summed E-state index contributed by atoms with van der Waals surface area (Å²) in [4.78, 5) is 21.6. The maximum absolute atomic E-state index is 10.8. The minimum absolute atomic E-state index is 0.0522. The molecule has 0 saturated heterocycles. The van der Waals surface area contributed by atoms with Gasteiger partial charge in [0, 0.05) is 30.3 Å². The summed E-state index contributed by atoms with van der Waals surface area (Å²) in [6.45, 7) is 4.72. The van der Waals surface area contributed by atoms with E-state index in [1.54, 1.807) is 11.3 Å². The minimum Gasteiger partial charge on any atom is -0.355 e. The highest BCUT2D eigenvalue weighted by atomic mass is 35.5. The largest absolute Gasteiger partial charge is 0.355 e. The summed E-state index contributed by atoms with van der Waals surface area (Å²) in [6.07, 6.45) is 2.13. The van der Waals surface area contributed by atoms with E-state index in [0.29, 0.717) is 24.2 Å². The fourth-order valence-corrected chi connectivity index (χ4v) is 3.21. The number of anilines is 1. The van der Waals surface area contributed by atoms with E-state index in [4.69, 9.17) is 11.6 Å². The van der Waals surface area contributed by atoms with Crippen molar-refractivity contribution in [3.05, 3.63) is 16.1 Å². The van der Waals surface area contributed by atoms with Gasteiger partial charge in [0.1, 0.15) is 9.98 Å². The van der Waals surface area contributed by atoms with E-state index < -0.39 is 0 Å². The van der Waals surface area contributed by atoms with E-state index in [2.05, 4.69) is 33.6 Å². The lowest BCUT2D eigenvalue weighted by Crippen LogP contribution is -2.26. The Kier molecular flexibility index (Phi) is 5.14. The number of carbonyl (C=O) groups excluding carboxylic acids is 1. The van der Waals surface area contributed by atoms with Gasteiger partial charge >= 0.3 is 0 Å². The summed E-state index contributed by atoms with van der Waals surface area (Å²) >= 11 is 7.83. The van der Waals surface area contributed by atoms with Gasteiger partial charge < -0.3 is 10.6 Å². The van der Waals surface area contributed by atoms with Crippen LogP contribution in [0.2, 0.25) is 5.15 Å². The zero-order valence-electron chi connectivity index (χ0n) is 11.5. The van der Waals surface area contributed by atoms with Crippen molar-refractivity contribution in [1.82, 2.24) is 15.3 Å². The fraction of sp³-hybridized carbons (Fsp3) is 0.462. The standard InChI is InChI=1S/C13H17ClN4OS/c1-3-4-9-7-10-11(14)17-13(18-12(10)20-9)16-6-5-15-8(2)19/h7H,3-6H2,1-2H3,(H,15,19)(H,16,17,18). The van der Waals surface area contributed by atoms with Crippen LogP contribution in [-0.4, -0.2) is 29.0 Å². The average Bonchev–Trinajstić information content (AvgIpc) is 2.78. The number of nitrogens with one attached hydrogen (secondary N) is 2. The summed E-state index contributed by atoms with van der Waals surface area (Å²) in [5.41, 5.74) is 0. The SMILES string of the molecule is CCCc1cc2c(Cl)nc(NCCNC(C)=O)nc2s1. The van der Waals surface area contributed by atoms with Crippen molar-refractivity contribution in [2.45, 2.75) is 26.7 Å². The molecule has 20 heavy (non-hydrogen) atoms. The smallest absolute Gasteiger partial charge is 0.225 e. The number of carbonyl (C=O) groups is 1. The van der Waals surface area contributed by atoms with Gasteiger partial charge in [0.15, 0.2) is 0 Å². The third-order valence-electron chi connectivity index (χ3n) is 2.68. The van der Waals surface area contributed by atoms with E-state index in [0.717, 1.165) is 23.1 Å². The zero-order chi connectivity index (χ0) is 14.5. The van der Waals surface area contributed by atoms with Crippen molar-refractivity contribution in [2.24, 2.45) is 0 Å². The lowest BCUT2D eigenvalue weighted by atomic mass is 10.3. The molecule has 0 radical (unpaired) electrons. The Morgan fingerprint density at radius 1 is 1.40 bits per heavy atom. The second-order valence-electron chi connectivity index (χ2n) is 4.43. The molecule has 0 aliphatic heterocycles. The molecule has 0 aliphatic carbocycles. The second kappa shape index (κ2) is 6.85. The van der Waals surface area contributed by atoms with Crippen LogP contribution in [0.3, 0.4) is 0 Å². The van der Waals surface area contributed by atoms with Crippen molar-refractivity contribution in [3.8, 4) is 0 Å². The molecule has 2 heterocycles. The molecule has 0 atom stereocenters. The molecule has 0 bridgehead atoms. The third-order valence-corrected chi connectivity index (χ3v) is 4.05. The molecule has 5 nitrogen and oxygen atoms in total. The minimum atomic E-state index is -0.0522. The maximum Gasteiger partial charge on any atom is 0.225 e. The van der Waals surface area contributed by atoms with Gasteiger partial charge in [-0.2, -0.15) is 0 Å². The summed E-state index contributed by atoms with van der Waals surface area (Å²) in [7, 11) is 0. The molecule has 0 aliphatic rings. The molecule has 0 unspecified atom stereocenters. The van der Waals surface area contributed by atoms with Gasteiger partial charge in [-0.3, -0.25) is 4.79 Å². The van der Waals surface area contributed by atoms with Crippen LogP contribution < -0.4 is 10.6 Å². The van der Waals surface area contributed by atoms with Crippen molar-refractivity contribution in [3.63, 3.8) is 0 Å². The second-order valence-corrected chi connectivity index (χ2v) is 5.90. The number of rotatable bonds is 6. The van der Waals surface area contributed by atoms with Crippen molar-refractivity contribution >= 4 is 45.0 Å². The van der Waals surface area contributed by atoms with Crippen molar-refractivity contribution in [2.75, 3.05) is 18.4 Å². The molecular formula is C13H17ClN4OS. The first-order valence-electron chi connectivity index (χ1n) is 6.54. The first-order valence-corrected chi connectivity index (χ1v) is 7.74. The Balaban J connectivity index is 2.08. The zero-order valence-corrected chi connectivity index (χ0v) is 13.1. The monoisotopic (exact) mass is 312 g/mol. The highest BCUT2D eigenvalue weighted by Gasteiger charge is 2.09. The van der Waals surface area contributed by atoms with Gasteiger partial charge in [-0.05, 0) is 12.5 Å². The molecule has 2 N–H and O–H groups in total. The Bertz CT molecular complexity index is 614. The molecule has 0 saturated carbocycles. The summed E-state index contributed by atoms with van der Waals surface area (Å²) in [5.74, 6) is 0.446. The number of aromatic nitrogens is 2. The molecule has 7 heteroatoms. The Morgan fingerprint density at radius 3 is 2.90 bits per heavy atom. The van der Waals surface area contributed by atoms with Crippen LogP contribution in [0.1, 0.15) is 25.1 Å². The molecule has 2 aromatic heterocycles. The first kappa shape index (κ1) is 15.0. The van der Waals surface area contributed by atoms with Crippen LogP contribution in [0.25, 0.3) is 10.2 Å². The molecule has 0 spiro atoms. The Hall–Kier alpha value is -1.40. The number of fused-ring (bicyclic) bond motifs is 1. The van der Waals surface area contributed by atoms with Crippen molar-refractivity contribution < 1.29 is 4.79 Å². The van der Waals surface area contributed by atoms with E-state index in [1.165, 1.54) is 11.8 Å². The van der Waals surface area contributed by atoms with Gasteiger partial charge in [-0.15, -0.1) is 11.3 Å². The number of hydrogen-bond donors (Lipinski definition) is 2. The number of aryl methyl sites for hydroxylation is 1. The number of nitrogens with zero attached hydrogens (tertiary/aromatic N) is 2. The van der Waals surface area contributed by atoms with Crippen LogP contribution in [0.4, 0.5) is 5.95 Å². The van der Waals surface area contributed by atoms with E-state index in [-0.39, 0.29) is 5.91 Å². The molecular weight excluding hydrogens is 296 g/mol. The third kappa shape index (κ3) is 3.80. The number of hydrogen-bond acceptors (Lipinski definition) is 5. The number of amides is 1. The topological polar surface area (TPSA) is 66.9 Å². The van der Waals surface area contributed by atoms with E-state index >= 15 is 0 Å². The average molecular weight is 313 g/mol. The summed E-state index contributed by atoms with van der Waals surface area (Å²) in [5, 5.41) is 7.14. The lowest BCUT2D eigenvalue weighted by Gasteiger charge is -2.05. The normalized spacial score (nSPS) is 10.8. The summed E-state index contributed by atoms with van der Waals surface area (Å²) < 4.78 is 0. The quantitative estimate of drug-likeness (QED) is 0.636. The Morgan fingerprint density at radius 2 is 2.20 bits per heavy atom. The predicted molar refractivity (Wildman–Crippen MR) is 83.6 cm³/mol. The molecule has 0 aromatic carbocycles. The van der Waals surface area contributed by atoms with Gasteiger partial charge in [0.05, 0.1) is 0 Å². The molecule has 2 rings (SSSR count). The Labute approximate surface area is 126 Å². The predicted octanol–water partition coefficient (Wildman–Crippen LogP) is 2.85. The van der Waals surface area contributed by atoms with Crippen LogP contribution in [0.15, 0.2) is 6.07 Å². The molecule has 0 fully saturated rings. The molecule has 108 valence electrons. The number of thiophene rings is 1. The summed E-state index contributed by atoms with van der Waals surface area (Å²) in [6, 6.07) is 2.06. The van der Waals surface area contributed by atoms with Gasteiger partial charge in [-0.25, -0.2) is 9.97 Å². The highest BCUT2D eigenvalue weighted by Crippen LogP contribution is 2.30. The first-order chi connectivity index (χ1) is 9.60. The lowest BCUT2D eigenvalue weighted by molar-refractivity contribution is -0.118. The van der Waals surface area contributed by atoms with Crippen LogP contribution in [0, 0.1) is 0 Å². The van der Waals surface area contributed by atoms with Crippen LogP contribution in [-0.2, 0) is 11.2 Å². The molecule has 2 aromatic rings. The number of halogens is 1. The fourth-order valence-electron chi connectivity index (χ4n) is 1.80. The van der Waals surface area contributed by atoms with Crippen LogP contribution in [0.5, 0.6) is 0 Å². The van der Waals surface area contributed by atoms with E-state index in [1.807, 2.05) is 0 Å². The van der Waals surface area contributed by atoms with Crippen LogP contribution >= 0.6 is 22.9 Å².